The number of allylic oxidation sites excluding steroid dienone is 1. The van der Waals surface area contributed by atoms with Crippen LogP contribution in [-0.2, 0) is 9.59 Å². The number of carbonyl (C=O) groups is 2. The largest absolute Gasteiger partial charge is 0.356 e. The molecule has 3 rings (SSSR count). The van der Waals surface area contributed by atoms with Gasteiger partial charge in [0.25, 0.3) is 0 Å². The van der Waals surface area contributed by atoms with Crippen molar-refractivity contribution in [2.45, 2.75) is 58.3 Å². The van der Waals surface area contributed by atoms with Gasteiger partial charge in [0.05, 0.1) is 11.8 Å². The molecule has 0 spiro atoms. The van der Waals surface area contributed by atoms with E-state index in [1.807, 2.05) is 4.90 Å². The summed E-state index contributed by atoms with van der Waals surface area (Å²) in [7, 11) is 0. The van der Waals surface area contributed by atoms with Crippen LogP contribution in [0.5, 0.6) is 0 Å². The third kappa shape index (κ3) is 4.36. The number of nitrogens with zero attached hydrogens (tertiary/aromatic N) is 1. The Kier molecular flexibility index (Phi) is 5.39. The molecule has 4 nitrogen and oxygen atoms in total. The van der Waals surface area contributed by atoms with Gasteiger partial charge in [0.2, 0.25) is 11.8 Å². The van der Waals surface area contributed by atoms with Gasteiger partial charge in [0.1, 0.15) is 0 Å². The SMILES string of the molecule is CC1CCCN(C(=O)C2CC2C(=O)NCCC2=CCCCC2)C1. The number of carbonyl (C=O) groups excluding carboxylic acids is 2. The van der Waals surface area contributed by atoms with E-state index >= 15 is 0 Å². The summed E-state index contributed by atoms with van der Waals surface area (Å²) in [5, 5.41) is 3.04. The van der Waals surface area contributed by atoms with Gasteiger partial charge in [-0.2, -0.15) is 0 Å². The van der Waals surface area contributed by atoms with Gasteiger partial charge >= 0.3 is 0 Å². The minimum atomic E-state index is -0.0694. The lowest BCUT2D eigenvalue weighted by Crippen LogP contribution is -2.40. The summed E-state index contributed by atoms with van der Waals surface area (Å²) in [6.45, 7) is 4.68. The maximum Gasteiger partial charge on any atom is 0.226 e. The second-order valence-electron chi connectivity index (χ2n) is 7.63. The fourth-order valence-corrected chi connectivity index (χ4v) is 3.99. The summed E-state index contributed by atoms with van der Waals surface area (Å²) in [4.78, 5) is 26.7. The second kappa shape index (κ2) is 7.50. The molecule has 2 aliphatic carbocycles. The van der Waals surface area contributed by atoms with Crippen LogP contribution in [0.4, 0.5) is 0 Å². The molecule has 2 amide bonds. The monoisotopic (exact) mass is 318 g/mol. The lowest BCUT2D eigenvalue weighted by molar-refractivity contribution is -0.136. The molecule has 1 N–H and O–H groups in total. The van der Waals surface area contributed by atoms with Crippen molar-refractivity contribution in [1.82, 2.24) is 10.2 Å². The molecular weight excluding hydrogens is 288 g/mol. The molecule has 1 heterocycles. The lowest BCUT2D eigenvalue weighted by atomic mass is 9.97. The van der Waals surface area contributed by atoms with E-state index < -0.39 is 0 Å². The molecule has 2 fully saturated rings. The van der Waals surface area contributed by atoms with E-state index in [1.165, 1.54) is 37.7 Å². The van der Waals surface area contributed by atoms with Crippen LogP contribution in [0.1, 0.15) is 58.3 Å². The van der Waals surface area contributed by atoms with Crippen LogP contribution in [0, 0.1) is 17.8 Å². The third-order valence-electron chi connectivity index (χ3n) is 5.54. The maximum atomic E-state index is 12.5. The minimum Gasteiger partial charge on any atom is -0.356 e. The van der Waals surface area contributed by atoms with Crippen LogP contribution in [0.3, 0.4) is 0 Å². The maximum absolute atomic E-state index is 12.5. The van der Waals surface area contributed by atoms with Crippen molar-refractivity contribution in [3.05, 3.63) is 11.6 Å². The Labute approximate surface area is 139 Å². The average molecular weight is 318 g/mol. The molecule has 3 aliphatic rings. The number of piperidine rings is 1. The van der Waals surface area contributed by atoms with Gasteiger partial charge in [0.15, 0.2) is 0 Å². The van der Waals surface area contributed by atoms with Crippen molar-refractivity contribution in [2.75, 3.05) is 19.6 Å². The van der Waals surface area contributed by atoms with E-state index in [0.29, 0.717) is 5.92 Å². The van der Waals surface area contributed by atoms with Gasteiger partial charge in [0, 0.05) is 19.6 Å². The van der Waals surface area contributed by atoms with Gasteiger partial charge in [-0.1, -0.05) is 18.6 Å². The van der Waals surface area contributed by atoms with Gasteiger partial charge in [-0.3, -0.25) is 9.59 Å². The third-order valence-corrected chi connectivity index (χ3v) is 5.54. The molecule has 1 saturated carbocycles. The summed E-state index contributed by atoms with van der Waals surface area (Å²) in [5.41, 5.74) is 1.49. The molecule has 0 aromatic carbocycles. The number of hydrogen-bond donors (Lipinski definition) is 1. The van der Waals surface area contributed by atoms with Crippen LogP contribution < -0.4 is 5.32 Å². The predicted octanol–water partition coefficient (Wildman–Crippen LogP) is 2.89. The highest BCUT2D eigenvalue weighted by Gasteiger charge is 2.49. The van der Waals surface area contributed by atoms with Crippen LogP contribution in [-0.4, -0.2) is 36.3 Å². The fourth-order valence-electron chi connectivity index (χ4n) is 3.99. The number of rotatable bonds is 5. The zero-order valence-corrected chi connectivity index (χ0v) is 14.4. The Balaban J connectivity index is 1.38. The standard InChI is InChI=1S/C19H30N2O2/c1-14-6-5-11-21(13-14)19(23)17-12-16(17)18(22)20-10-9-15-7-3-2-4-8-15/h7,14,16-17H,2-6,8-13H2,1H3,(H,20,22). The molecule has 3 atom stereocenters. The van der Waals surface area contributed by atoms with E-state index in [1.54, 1.807) is 0 Å². The summed E-state index contributed by atoms with van der Waals surface area (Å²) in [6.07, 6.45) is 11.3. The van der Waals surface area contributed by atoms with Crippen molar-refractivity contribution >= 4 is 11.8 Å². The smallest absolute Gasteiger partial charge is 0.226 e. The summed E-state index contributed by atoms with van der Waals surface area (Å²) >= 11 is 0. The van der Waals surface area contributed by atoms with Crippen molar-refractivity contribution in [3.63, 3.8) is 0 Å². The van der Waals surface area contributed by atoms with E-state index in [4.69, 9.17) is 0 Å². The van der Waals surface area contributed by atoms with E-state index in [9.17, 15) is 9.59 Å². The molecule has 3 unspecified atom stereocenters. The molecule has 1 saturated heterocycles. The Morgan fingerprint density at radius 2 is 2.13 bits per heavy atom. The Morgan fingerprint density at radius 1 is 1.26 bits per heavy atom. The first-order chi connectivity index (χ1) is 11.1. The van der Waals surface area contributed by atoms with Crippen molar-refractivity contribution in [1.29, 1.82) is 0 Å². The average Bonchev–Trinajstić information content (AvgIpc) is 3.36. The summed E-state index contributed by atoms with van der Waals surface area (Å²) in [6, 6.07) is 0. The summed E-state index contributed by atoms with van der Waals surface area (Å²) < 4.78 is 0. The first-order valence-electron chi connectivity index (χ1n) is 9.39. The van der Waals surface area contributed by atoms with Gasteiger partial charge in [-0.05, 0) is 57.3 Å². The molecular formula is C19H30N2O2. The predicted molar refractivity (Wildman–Crippen MR) is 90.8 cm³/mol. The molecule has 0 aromatic rings. The quantitative estimate of drug-likeness (QED) is 0.792. The first-order valence-corrected chi connectivity index (χ1v) is 9.39. The topological polar surface area (TPSA) is 49.4 Å². The van der Waals surface area contributed by atoms with Crippen molar-refractivity contribution in [3.8, 4) is 0 Å². The molecule has 0 radical (unpaired) electrons. The van der Waals surface area contributed by atoms with E-state index in [2.05, 4.69) is 18.3 Å². The Bertz CT molecular complexity index is 486. The Hall–Kier alpha value is -1.32. The number of likely N-dealkylation sites (tertiary alicyclic amines) is 1. The second-order valence-corrected chi connectivity index (χ2v) is 7.63. The normalized spacial score (nSPS) is 30.6. The molecule has 0 bridgehead atoms. The molecule has 128 valence electrons. The molecule has 23 heavy (non-hydrogen) atoms. The highest BCUT2D eigenvalue weighted by molar-refractivity contribution is 5.92. The van der Waals surface area contributed by atoms with E-state index in [-0.39, 0.29) is 23.7 Å². The highest BCUT2D eigenvalue weighted by Crippen LogP contribution is 2.40. The number of nitrogens with one attached hydrogen (secondary N) is 1. The number of amides is 2. The Morgan fingerprint density at radius 3 is 2.87 bits per heavy atom. The lowest BCUT2D eigenvalue weighted by Gasteiger charge is -2.31. The van der Waals surface area contributed by atoms with Gasteiger partial charge in [-0.15, -0.1) is 0 Å². The highest BCUT2D eigenvalue weighted by atomic mass is 16.2. The van der Waals surface area contributed by atoms with Gasteiger partial charge in [-0.25, -0.2) is 0 Å². The van der Waals surface area contributed by atoms with Crippen molar-refractivity contribution in [2.24, 2.45) is 17.8 Å². The fraction of sp³-hybridized carbons (Fsp3) is 0.789. The van der Waals surface area contributed by atoms with E-state index in [0.717, 1.165) is 38.9 Å². The summed E-state index contributed by atoms with van der Waals surface area (Å²) in [5.74, 6) is 0.785. The first kappa shape index (κ1) is 16.5. The molecule has 0 aromatic heterocycles. The molecule has 1 aliphatic heterocycles. The minimum absolute atomic E-state index is 0.0470. The zero-order chi connectivity index (χ0) is 16.2. The van der Waals surface area contributed by atoms with Crippen LogP contribution >= 0.6 is 0 Å². The molecule has 4 heteroatoms. The van der Waals surface area contributed by atoms with Crippen LogP contribution in [0.15, 0.2) is 11.6 Å². The van der Waals surface area contributed by atoms with Crippen molar-refractivity contribution < 1.29 is 9.59 Å². The van der Waals surface area contributed by atoms with Gasteiger partial charge < -0.3 is 10.2 Å². The van der Waals surface area contributed by atoms with Crippen LogP contribution in [0.25, 0.3) is 0 Å². The zero-order valence-electron chi connectivity index (χ0n) is 14.4. The van der Waals surface area contributed by atoms with Crippen LogP contribution in [0.2, 0.25) is 0 Å². The number of hydrogen-bond acceptors (Lipinski definition) is 2.